The first-order chi connectivity index (χ1) is 10.6. The molecule has 126 valence electrons. The molecule has 2 aromatic rings. The first kappa shape index (κ1) is 17.4. The van der Waals surface area contributed by atoms with Gasteiger partial charge in [-0.2, -0.15) is 17.5 Å². The van der Waals surface area contributed by atoms with E-state index in [4.69, 9.17) is 0 Å². The first-order valence-electron chi connectivity index (χ1n) is 6.39. The highest BCUT2D eigenvalue weighted by Gasteiger charge is 2.30. The lowest BCUT2D eigenvalue weighted by atomic mass is 10.4. The van der Waals surface area contributed by atoms with E-state index in [1.165, 1.54) is 12.1 Å². The van der Waals surface area contributed by atoms with Gasteiger partial charge in [-0.1, -0.05) is 12.1 Å². The molecule has 23 heavy (non-hydrogen) atoms. The number of hydrogen-bond acceptors (Lipinski definition) is 3. The van der Waals surface area contributed by atoms with Crippen LogP contribution in [0.5, 0.6) is 0 Å². The second-order valence-electron chi connectivity index (χ2n) is 4.78. The van der Waals surface area contributed by atoms with Crippen molar-refractivity contribution in [2.24, 2.45) is 0 Å². The third-order valence-corrected chi connectivity index (χ3v) is 4.88. The van der Waals surface area contributed by atoms with Gasteiger partial charge in [-0.05, 0) is 12.1 Å². The van der Waals surface area contributed by atoms with Crippen molar-refractivity contribution in [3.8, 4) is 0 Å². The Balaban J connectivity index is 2.25. The number of halogens is 4. The van der Waals surface area contributed by atoms with Crippen LogP contribution < -0.4 is 0 Å². The van der Waals surface area contributed by atoms with Gasteiger partial charge in [0.2, 0.25) is 10.0 Å². The molecule has 0 N–H and O–H groups in total. The van der Waals surface area contributed by atoms with Crippen LogP contribution in [0.25, 0.3) is 0 Å². The van der Waals surface area contributed by atoms with Gasteiger partial charge in [0, 0.05) is 19.4 Å². The highest BCUT2D eigenvalue weighted by molar-refractivity contribution is 7.89. The second kappa shape index (κ2) is 6.28. The molecule has 2 rings (SSSR count). The van der Waals surface area contributed by atoms with Crippen molar-refractivity contribution in [1.29, 1.82) is 0 Å². The Labute approximate surface area is 130 Å². The predicted molar refractivity (Wildman–Crippen MR) is 73.3 cm³/mol. The van der Waals surface area contributed by atoms with E-state index in [1.807, 2.05) is 0 Å². The standard InChI is InChI=1S/C13H13F4N3O2S/c1-19(23(21,22)11-5-3-2-4-10(11)14)8-12-18-6-7-20(12)9-13(15,16)17/h2-7H,8-9H2,1H3. The Morgan fingerprint density at radius 1 is 1.26 bits per heavy atom. The normalized spacial score (nSPS) is 12.8. The molecule has 0 unspecified atom stereocenters. The molecule has 0 aliphatic carbocycles. The lowest BCUT2D eigenvalue weighted by Crippen LogP contribution is -2.29. The third-order valence-electron chi connectivity index (χ3n) is 3.04. The van der Waals surface area contributed by atoms with Crippen LogP contribution in [-0.2, 0) is 23.1 Å². The van der Waals surface area contributed by atoms with Crippen LogP contribution in [0.4, 0.5) is 17.6 Å². The largest absolute Gasteiger partial charge is 0.406 e. The fourth-order valence-corrected chi connectivity index (χ4v) is 3.12. The Morgan fingerprint density at radius 2 is 1.91 bits per heavy atom. The molecule has 0 fully saturated rings. The number of nitrogens with zero attached hydrogens (tertiary/aromatic N) is 3. The topological polar surface area (TPSA) is 55.2 Å². The number of alkyl halides is 3. The molecule has 1 heterocycles. The molecule has 1 aromatic heterocycles. The van der Waals surface area contributed by atoms with Crippen molar-refractivity contribution in [3.05, 3.63) is 48.3 Å². The van der Waals surface area contributed by atoms with E-state index in [0.717, 1.165) is 40.4 Å². The van der Waals surface area contributed by atoms with Gasteiger partial charge in [0.05, 0.1) is 6.54 Å². The van der Waals surface area contributed by atoms with Gasteiger partial charge in [0.25, 0.3) is 0 Å². The zero-order valence-corrected chi connectivity index (χ0v) is 12.8. The maximum atomic E-state index is 13.7. The van der Waals surface area contributed by atoms with Crippen molar-refractivity contribution in [2.75, 3.05) is 7.05 Å². The molecule has 0 aliphatic rings. The highest BCUT2D eigenvalue weighted by Crippen LogP contribution is 2.21. The average Bonchev–Trinajstić information content (AvgIpc) is 2.84. The summed E-state index contributed by atoms with van der Waals surface area (Å²) in [6.07, 6.45) is -2.21. The molecule has 0 amide bonds. The van der Waals surface area contributed by atoms with Crippen LogP contribution in [-0.4, -0.2) is 35.5 Å². The minimum atomic E-state index is -4.46. The number of benzene rings is 1. The van der Waals surface area contributed by atoms with E-state index in [-0.39, 0.29) is 5.82 Å². The lowest BCUT2D eigenvalue weighted by Gasteiger charge is -2.18. The number of sulfonamides is 1. The first-order valence-corrected chi connectivity index (χ1v) is 7.83. The zero-order valence-electron chi connectivity index (χ0n) is 12.0. The predicted octanol–water partition coefficient (Wildman–Crippen LogP) is 2.41. The van der Waals surface area contributed by atoms with Gasteiger partial charge >= 0.3 is 6.18 Å². The van der Waals surface area contributed by atoms with Crippen LogP contribution in [0.2, 0.25) is 0 Å². The number of rotatable bonds is 5. The summed E-state index contributed by atoms with van der Waals surface area (Å²) in [5.74, 6) is -1.03. The molecule has 0 saturated carbocycles. The Hall–Kier alpha value is -1.94. The van der Waals surface area contributed by atoms with Crippen LogP contribution in [0.3, 0.4) is 0 Å². The molecule has 5 nitrogen and oxygen atoms in total. The Kier molecular flexibility index (Phi) is 4.76. The number of imidazole rings is 1. The minimum Gasteiger partial charge on any atom is -0.325 e. The Morgan fingerprint density at radius 3 is 2.52 bits per heavy atom. The zero-order chi connectivity index (χ0) is 17.3. The monoisotopic (exact) mass is 351 g/mol. The summed E-state index contributed by atoms with van der Waals surface area (Å²) >= 11 is 0. The average molecular weight is 351 g/mol. The van der Waals surface area contributed by atoms with Gasteiger partial charge < -0.3 is 4.57 Å². The molecular weight excluding hydrogens is 338 g/mol. The van der Waals surface area contributed by atoms with Crippen molar-refractivity contribution in [1.82, 2.24) is 13.9 Å². The molecule has 0 saturated heterocycles. The summed E-state index contributed by atoms with van der Waals surface area (Å²) in [4.78, 5) is 3.19. The summed E-state index contributed by atoms with van der Waals surface area (Å²) in [5, 5.41) is 0. The molecule has 0 spiro atoms. The second-order valence-corrected chi connectivity index (χ2v) is 6.79. The maximum Gasteiger partial charge on any atom is 0.406 e. The van der Waals surface area contributed by atoms with Crippen molar-refractivity contribution >= 4 is 10.0 Å². The minimum absolute atomic E-state index is 0.0928. The quantitative estimate of drug-likeness (QED) is 0.778. The molecule has 0 atom stereocenters. The van der Waals surface area contributed by atoms with Crippen LogP contribution in [0.1, 0.15) is 5.82 Å². The van der Waals surface area contributed by atoms with Gasteiger partial charge in [-0.25, -0.2) is 17.8 Å². The fourth-order valence-electron chi connectivity index (χ4n) is 1.93. The van der Waals surface area contributed by atoms with Crippen LogP contribution in [0.15, 0.2) is 41.6 Å². The molecule has 0 radical (unpaired) electrons. The van der Waals surface area contributed by atoms with E-state index in [9.17, 15) is 26.0 Å². The van der Waals surface area contributed by atoms with Crippen LogP contribution in [0, 0.1) is 5.82 Å². The summed E-state index contributed by atoms with van der Waals surface area (Å²) in [5.41, 5.74) is 0. The van der Waals surface area contributed by atoms with Gasteiger partial charge in [-0.15, -0.1) is 0 Å². The molecule has 0 aliphatic heterocycles. The molecule has 1 aromatic carbocycles. The molecule has 10 heteroatoms. The van der Waals surface area contributed by atoms with E-state index in [1.54, 1.807) is 0 Å². The number of hydrogen-bond donors (Lipinski definition) is 0. The fraction of sp³-hybridized carbons (Fsp3) is 0.308. The molecular formula is C13H13F4N3O2S. The van der Waals surface area contributed by atoms with Gasteiger partial charge in [-0.3, -0.25) is 0 Å². The summed E-state index contributed by atoms with van der Waals surface area (Å²) in [6.45, 7) is -1.70. The van der Waals surface area contributed by atoms with E-state index in [0.29, 0.717) is 0 Å². The van der Waals surface area contributed by atoms with Gasteiger partial charge in [0.15, 0.2) is 0 Å². The van der Waals surface area contributed by atoms with E-state index >= 15 is 0 Å². The summed E-state index contributed by atoms with van der Waals surface area (Å²) < 4.78 is 77.2. The Bertz CT molecular complexity index is 787. The van der Waals surface area contributed by atoms with E-state index in [2.05, 4.69) is 4.98 Å². The van der Waals surface area contributed by atoms with Gasteiger partial charge in [0.1, 0.15) is 23.1 Å². The maximum absolute atomic E-state index is 13.7. The SMILES string of the molecule is CN(Cc1nccn1CC(F)(F)F)S(=O)(=O)c1ccccc1F. The molecule has 0 bridgehead atoms. The van der Waals surface area contributed by atoms with Crippen LogP contribution >= 0.6 is 0 Å². The summed E-state index contributed by atoms with van der Waals surface area (Å²) in [7, 11) is -3.04. The number of aromatic nitrogens is 2. The lowest BCUT2D eigenvalue weighted by molar-refractivity contribution is -0.141. The van der Waals surface area contributed by atoms with Crippen molar-refractivity contribution < 1.29 is 26.0 Å². The summed E-state index contributed by atoms with van der Waals surface area (Å²) in [6, 6.07) is 4.77. The van der Waals surface area contributed by atoms with Crippen molar-refractivity contribution in [3.63, 3.8) is 0 Å². The highest BCUT2D eigenvalue weighted by atomic mass is 32.2. The third kappa shape index (κ3) is 4.08. The van der Waals surface area contributed by atoms with Crippen molar-refractivity contribution in [2.45, 2.75) is 24.2 Å². The van der Waals surface area contributed by atoms with E-state index < -0.39 is 40.0 Å². The smallest absolute Gasteiger partial charge is 0.325 e.